The lowest BCUT2D eigenvalue weighted by atomic mass is 9.49. The van der Waals surface area contributed by atoms with Crippen LogP contribution >= 0.6 is 0 Å². The zero-order valence-corrected chi connectivity index (χ0v) is 18.1. The van der Waals surface area contributed by atoms with Crippen LogP contribution in [0.2, 0.25) is 19.6 Å². The lowest BCUT2D eigenvalue weighted by Gasteiger charge is -2.58. The molecule has 0 aliphatic heterocycles. The molecule has 0 radical (unpaired) electrons. The third kappa shape index (κ3) is 3.44. The second-order valence-electron chi connectivity index (χ2n) is 9.97. The molecule has 0 N–H and O–H groups in total. The lowest BCUT2D eigenvalue weighted by molar-refractivity contribution is -0.0202. The molecule has 3 nitrogen and oxygen atoms in total. The molecule has 0 heterocycles. The highest BCUT2D eigenvalue weighted by atomic mass is 28.3. The predicted molar refractivity (Wildman–Crippen MR) is 104 cm³/mol. The second-order valence-corrected chi connectivity index (χ2v) is 15.2. The molecule has 0 saturated heterocycles. The molecule has 0 aromatic heterocycles. The van der Waals surface area contributed by atoms with Gasteiger partial charge in [0, 0.05) is 12.1 Å². The van der Waals surface area contributed by atoms with Crippen LogP contribution in [-0.4, -0.2) is 36.9 Å². The summed E-state index contributed by atoms with van der Waals surface area (Å²) < 4.78 is 6.21. The molecule has 0 unspecified atom stereocenters. The highest BCUT2D eigenvalue weighted by molar-refractivity contribution is 6.78. The molecule has 1 fully saturated rings. The van der Waals surface area contributed by atoms with Gasteiger partial charge in [0.15, 0.2) is 0 Å². The van der Waals surface area contributed by atoms with Gasteiger partial charge in [-0.2, -0.15) is 0 Å². The number of carbonyl (C=O) groups excluding carboxylic acids is 1. The van der Waals surface area contributed by atoms with Gasteiger partial charge < -0.3 is 9.64 Å². The van der Waals surface area contributed by atoms with Crippen LogP contribution in [0.15, 0.2) is 11.6 Å². The SMILES string of the molecule is CC(C)N(C(=O)O[C@@H](C1=CC[C@H]2C[C@@H]1C2(C)C)[Si](C)(C)C)C(C)C. The van der Waals surface area contributed by atoms with Crippen molar-refractivity contribution in [2.75, 3.05) is 0 Å². The molecule has 3 rings (SSSR count). The van der Waals surface area contributed by atoms with Gasteiger partial charge in [-0.25, -0.2) is 4.79 Å². The summed E-state index contributed by atoms with van der Waals surface area (Å²) >= 11 is 0. The second kappa shape index (κ2) is 6.51. The zero-order chi connectivity index (χ0) is 18.4. The van der Waals surface area contributed by atoms with Gasteiger partial charge >= 0.3 is 6.09 Å². The van der Waals surface area contributed by atoms with E-state index in [9.17, 15) is 4.79 Å². The molecule has 1 amide bonds. The molecule has 0 aromatic carbocycles. The van der Waals surface area contributed by atoms with Crippen molar-refractivity contribution in [1.82, 2.24) is 4.90 Å². The average Bonchev–Trinajstić information content (AvgIpc) is 2.42. The molecule has 4 heteroatoms. The van der Waals surface area contributed by atoms with Crippen molar-refractivity contribution in [2.45, 2.75) is 91.8 Å². The normalized spacial score (nSPS) is 26.7. The van der Waals surface area contributed by atoms with Crippen LogP contribution in [0, 0.1) is 17.3 Å². The standard InChI is InChI=1S/C20H37NO2Si/c1-13(2)21(14(3)4)19(22)23-18(24(7,8)9)16-11-10-15-12-17(16)20(15,5)6/h11,13-15,17-18H,10,12H2,1-9H3/t15-,17-,18+/m0/s1. The first kappa shape index (κ1) is 19.6. The number of amides is 1. The van der Waals surface area contributed by atoms with Crippen LogP contribution in [0.4, 0.5) is 4.79 Å². The Morgan fingerprint density at radius 2 is 1.75 bits per heavy atom. The molecule has 0 spiro atoms. The van der Waals surface area contributed by atoms with Crippen LogP contribution < -0.4 is 0 Å². The minimum absolute atomic E-state index is 0.00414. The molecule has 3 atom stereocenters. The van der Waals surface area contributed by atoms with Gasteiger partial charge in [-0.3, -0.25) is 0 Å². The number of hydrogen-bond donors (Lipinski definition) is 0. The fourth-order valence-corrected chi connectivity index (χ4v) is 6.39. The Labute approximate surface area is 149 Å². The van der Waals surface area contributed by atoms with Crippen molar-refractivity contribution in [1.29, 1.82) is 0 Å². The van der Waals surface area contributed by atoms with Crippen molar-refractivity contribution in [2.24, 2.45) is 17.3 Å². The smallest absolute Gasteiger partial charge is 0.410 e. The number of rotatable bonds is 5. The molecular weight excluding hydrogens is 314 g/mol. The molecule has 0 aromatic rings. The van der Waals surface area contributed by atoms with Crippen molar-refractivity contribution < 1.29 is 9.53 Å². The van der Waals surface area contributed by atoms with Crippen molar-refractivity contribution in [3.05, 3.63) is 11.6 Å². The zero-order valence-electron chi connectivity index (χ0n) is 17.1. The molecule has 2 bridgehead atoms. The van der Waals surface area contributed by atoms with Gasteiger partial charge in [-0.05, 0) is 63.4 Å². The Kier molecular flexibility index (Phi) is 5.30. The number of fused-ring (bicyclic) bond motifs is 1. The Morgan fingerprint density at radius 3 is 2.12 bits per heavy atom. The minimum atomic E-state index is -1.67. The van der Waals surface area contributed by atoms with Crippen molar-refractivity contribution in [3.63, 3.8) is 0 Å². The fourth-order valence-electron chi connectivity index (χ4n) is 4.62. The molecule has 3 aliphatic carbocycles. The van der Waals surface area contributed by atoms with Crippen molar-refractivity contribution >= 4 is 14.2 Å². The molecule has 3 aliphatic rings. The molecular formula is C20H37NO2Si. The number of allylic oxidation sites excluding steroid dienone is 1. The molecule has 24 heavy (non-hydrogen) atoms. The summed E-state index contributed by atoms with van der Waals surface area (Å²) in [7, 11) is -1.67. The van der Waals surface area contributed by atoms with E-state index in [0.717, 1.165) is 12.3 Å². The summed E-state index contributed by atoms with van der Waals surface area (Å²) in [6.45, 7) is 20.0. The lowest BCUT2D eigenvalue weighted by Crippen LogP contribution is -2.56. The Bertz CT molecular complexity index is 508. The van der Waals surface area contributed by atoms with E-state index in [1.54, 1.807) is 0 Å². The summed E-state index contributed by atoms with van der Waals surface area (Å²) in [5.74, 6) is 1.40. The average molecular weight is 352 g/mol. The Balaban J connectivity index is 2.25. The Hall–Kier alpha value is -0.773. The van der Waals surface area contributed by atoms with Gasteiger partial charge in [0.05, 0.1) is 8.07 Å². The summed E-state index contributed by atoms with van der Waals surface area (Å²) in [6, 6.07) is 0.314. The van der Waals surface area contributed by atoms with E-state index in [-0.39, 0.29) is 23.9 Å². The quantitative estimate of drug-likeness (QED) is 0.485. The first-order chi connectivity index (χ1) is 10.9. The van der Waals surface area contributed by atoms with Crippen LogP contribution in [-0.2, 0) is 4.74 Å². The monoisotopic (exact) mass is 351 g/mol. The van der Waals surface area contributed by atoms with Crippen LogP contribution in [0.1, 0.15) is 54.4 Å². The van der Waals surface area contributed by atoms with E-state index in [4.69, 9.17) is 4.74 Å². The summed E-state index contributed by atoms with van der Waals surface area (Å²) in [6.07, 6.45) is 4.67. The maximum Gasteiger partial charge on any atom is 0.410 e. The van der Waals surface area contributed by atoms with E-state index in [1.165, 1.54) is 12.0 Å². The number of carbonyl (C=O) groups is 1. The first-order valence-electron chi connectivity index (χ1n) is 9.56. The Morgan fingerprint density at radius 1 is 1.21 bits per heavy atom. The first-order valence-corrected chi connectivity index (χ1v) is 13.1. The van der Waals surface area contributed by atoms with E-state index in [1.807, 2.05) is 4.90 Å². The predicted octanol–water partition coefficient (Wildman–Crippen LogP) is 5.48. The third-order valence-corrected chi connectivity index (χ3v) is 8.17. The van der Waals surface area contributed by atoms with Crippen LogP contribution in [0.5, 0.6) is 0 Å². The fraction of sp³-hybridized carbons (Fsp3) is 0.850. The van der Waals surface area contributed by atoms with E-state index < -0.39 is 8.07 Å². The van der Waals surface area contributed by atoms with Gasteiger partial charge in [-0.1, -0.05) is 39.6 Å². The van der Waals surface area contributed by atoms with Crippen LogP contribution in [0.3, 0.4) is 0 Å². The number of nitrogens with zero attached hydrogens (tertiary/aromatic N) is 1. The minimum Gasteiger partial charge on any atom is -0.446 e. The van der Waals surface area contributed by atoms with E-state index in [0.29, 0.717) is 11.3 Å². The van der Waals surface area contributed by atoms with E-state index in [2.05, 4.69) is 67.3 Å². The maximum absolute atomic E-state index is 12.9. The topological polar surface area (TPSA) is 29.5 Å². The molecule has 1 saturated carbocycles. The maximum atomic E-state index is 12.9. The highest BCUT2D eigenvalue weighted by Crippen LogP contribution is 2.60. The number of hydrogen-bond acceptors (Lipinski definition) is 2. The van der Waals surface area contributed by atoms with Gasteiger partial charge in [0.2, 0.25) is 0 Å². The number of ether oxygens (including phenoxy) is 1. The van der Waals surface area contributed by atoms with Crippen LogP contribution in [0.25, 0.3) is 0 Å². The van der Waals surface area contributed by atoms with Gasteiger partial charge in [-0.15, -0.1) is 0 Å². The largest absolute Gasteiger partial charge is 0.446 e. The van der Waals surface area contributed by atoms with Crippen molar-refractivity contribution in [3.8, 4) is 0 Å². The summed E-state index contributed by atoms with van der Waals surface area (Å²) in [5, 5.41) is 0. The van der Waals surface area contributed by atoms with E-state index >= 15 is 0 Å². The highest BCUT2D eigenvalue weighted by Gasteiger charge is 2.54. The summed E-state index contributed by atoms with van der Waals surface area (Å²) in [5.41, 5.74) is 1.78. The third-order valence-electron chi connectivity index (χ3n) is 6.14. The van der Waals surface area contributed by atoms with Gasteiger partial charge in [0.25, 0.3) is 0 Å². The van der Waals surface area contributed by atoms with Gasteiger partial charge in [0.1, 0.15) is 5.73 Å². The molecule has 138 valence electrons. The summed E-state index contributed by atoms with van der Waals surface area (Å²) in [4.78, 5) is 14.8.